The first-order valence-corrected chi connectivity index (χ1v) is 9.02. The van der Waals surface area contributed by atoms with Gasteiger partial charge in [0.1, 0.15) is 0 Å². The van der Waals surface area contributed by atoms with Crippen LogP contribution < -0.4 is 10.4 Å². The average molecular weight is 332 g/mol. The van der Waals surface area contributed by atoms with E-state index in [0.717, 1.165) is 25.7 Å². The number of anilines is 1. The molecule has 0 atom stereocenters. The van der Waals surface area contributed by atoms with Crippen molar-refractivity contribution in [2.45, 2.75) is 57.8 Å². The van der Waals surface area contributed by atoms with Crippen molar-refractivity contribution >= 4 is 17.4 Å². The molecular weight excluding hydrogens is 304 g/mol. The molecule has 0 aromatic heterocycles. The van der Waals surface area contributed by atoms with Crippen molar-refractivity contribution in [3.8, 4) is 0 Å². The molecule has 5 heteroatoms. The van der Waals surface area contributed by atoms with Crippen LogP contribution in [0, 0.1) is 0 Å². The molecule has 1 heterocycles. The van der Waals surface area contributed by atoms with Gasteiger partial charge in [0.25, 0.3) is 0 Å². The molecule has 1 amide bonds. The van der Waals surface area contributed by atoms with Gasteiger partial charge in [-0.15, -0.1) is 0 Å². The molecule has 2 N–H and O–H groups in total. The van der Waals surface area contributed by atoms with Crippen LogP contribution in [0.15, 0.2) is 24.3 Å². The van der Waals surface area contributed by atoms with Crippen LogP contribution in [0.4, 0.5) is 5.69 Å². The summed E-state index contributed by atoms with van der Waals surface area (Å²) in [5.41, 5.74) is 4.06. The molecule has 132 valence electrons. The SMILES string of the molecule is O=C(CCCCCCc1ccc(N2CCCCC2)cc1)C(=O)NO. The molecule has 1 fully saturated rings. The number of amides is 1. The van der Waals surface area contributed by atoms with E-state index in [1.807, 2.05) is 0 Å². The summed E-state index contributed by atoms with van der Waals surface area (Å²) in [6, 6.07) is 8.90. The number of hydrogen-bond acceptors (Lipinski definition) is 4. The third-order valence-electron chi connectivity index (χ3n) is 4.63. The standard InChI is InChI=1S/C19H28N2O3/c22-18(19(23)20-24)9-5-2-1-4-8-16-10-12-17(13-11-16)21-14-6-3-7-15-21/h10-13,24H,1-9,14-15H2,(H,20,23). The molecule has 0 aliphatic carbocycles. The van der Waals surface area contributed by atoms with Crippen molar-refractivity contribution in [3.63, 3.8) is 0 Å². The lowest BCUT2D eigenvalue weighted by atomic mass is 10.0. The van der Waals surface area contributed by atoms with Crippen LogP contribution in [0.1, 0.15) is 56.9 Å². The second-order valence-corrected chi connectivity index (χ2v) is 6.49. The molecule has 5 nitrogen and oxygen atoms in total. The van der Waals surface area contributed by atoms with Gasteiger partial charge in [0.2, 0.25) is 5.78 Å². The first-order chi connectivity index (χ1) is 11.7. The van der Waals surface area contributed by atoms with Gasteiger partial charge >= 0.3 is 5.91 Å². The summed E-state index contributed by atoms with van der Waals surface area (Å²) in [6.07, 6.45) is 8.95. The molecule has 0 saturated carbocycles. The van der Waals surface area contributed by atoms with E-state index in [9.17, 15) is 9.59 Å². The first-order valence-electron chi connectivity index (χ1n) is 9.02. The quantitative estimate of drug-likeness (QED) is 0.315. The van der Waals surface area contributed by atoms with E-state index in [1.165, 1.54) is 49.1 Å². The predicted octanol–water partition coefficient (Wildman–Crippen LogP) is 3.24. The molecule has 1 saturated heterocycles. The van der Waals surface area contributed by atoms with Gasteiger partial charge in [-0.05, 0) is 56.2 Å². The predicted molar refractivity (Wildman–Crippen MR) is 94.2 cm³/mol. The van der Waals surface area contributed by atoms with Crippen molar-refractivity contribution in [2.75, 3.05) is 18.0 Å². The van der Waals surface area contributed by atoms with E-state index < -0.39 is 11.7 Å². The Morgan fingerprint density at radius 2 is 1.62 bits per heavy atom. The number of nitrogens with zero attached hydrogens (tertiary/aromatic N) is 1. The lowest BCUT2D eigenvalue weighted by Crippen LogP contribution is -2.29. The van der Waals surface area contributed by atoms with Crippen LogP contribution in [0.3, 0.4) is 0 Å². The van der Waals surface area contributed by atoms with E-state index in [1.54, 1.807) is 0 Å². The molecule has 1 aliphatic heterocycles. The summed E-state index contributed by atoms with van der Waals surface area (Å²) >= 11 is 0. The number of hydroxylamine groups is 1. The third-order valence-corrected chi connectivity index (χ3v) is 4.63. The number of hydrogen-bond donors (Lipinski definition) is 2. The Labute approximate surface area is 144 Å². The van der Waals surface area contributed by atoms with Gasteiger partial charge in [-0.25, -0.2) is 5.48 Å². The number of carbonyl (C=O) groups excluding carboxylic acids is 2. The monoisotopic (exact) mass is 332 g/mol. The zero-order chi connectivity index (χ0) is 17.2. The summed E-state index contributed by atoms with van der Waals surface area (Å²) < 4.78 is 0. The maximum Gasteiger partial charge on any atom is 0.310 e. The van der Waals surface area contributed by atoms with Gasteiger partial charge in [0.05, 0.1) is 0 Å². The number of piperidine rings is 1. The minimum atomic E-state index is -0.913. The molecule has 2 rings (SSSR count). The second kappa shape index (κ2) is 10.1. The highest BCUT2D eigenvalue weighted by atomic mass is 16.5. The Kier molecular flexibility index (Phi) is 7.75. The highest BCUT2D eigenvalue weighted by Gasteiger charge is 2.11. The first kappa shape index (κ1) is 18.5. The topological polar surface area (TPSA) is 69.6 Å². The lowest BCUT2D eigenvalue weighted by Gasteiger charge is -2.28. The Bertz CT molecular complexity index is 522. The van der Waals surface area contributed by atoms with Gasteiger partial charge in [-0.3, -0.25) is 14.8 Å². The Morgan fingerprint density at radius 1 is 0.958 bits per heavy atom. The van der Waals surface area contributed by atoms with Gasteiger partial charge in [-0.2, -0.15) is 0 Å². The van der Waals surface area contributed by atoms with E-state index in [0.29, 0.717) is 6.42 Å². The van der Waals surface area contributed by atoms with Crippen LogP contribution in [-0.2, 0) is 16.0 Å². The van der Waals surface area contributed by atoms with E-state index in [4.69, 9.17) is 5.21 Å². The minimum Gasteiger partial charge on any atom is -0.372 e. The van der Waals surface area contributed by atoms with Crippen molar-refractivity contribution in [3.05, 3.63) is 29.8 Å². The molecule has 0 radical (unpaired) electrons. The minimum absolute atomic E-state index is 0.205. The summed E-state index contributed by atoms with van der Waals surface area (Å²) in [7, 11) is 0. The molecule has 1 aliphatic rings. The van der Waals surface area contributed by atoms with Gasteiger partial charge in [0.15, 0.2) is 0 Å². The number of rotatable bonds is 9. The average Bonchev–Trinajstić information content (AvgIpc) is 2.64. The second-order valence-electron chi connectivity index (χ2n) is 6.49. The largest absolute Gasteiger partial charge is 0.372 e. The fourth-order valence-corrected chi connectivity index (χ4v) is 3.17. The number of Topliss-reactive ketones (excluding diaryl/α,β-unsaturated/α-hetero) is 1. The highest BCUT2D eigenvalue weighted by molar-refractivity contribution is 6.35. The molecule has 1 aromatic carbocycles. The molecule has 0 unspecified atom stereocenters. The number of nitrogens with one attached hydrogen (secondary N) is 1. The number of aryl methyl sites for hydroxylation is 1. The van der Waals surface area contributed by atoms with Crippen LogP contribution >= 0.6 is 0 Å². The summed E-state index contributed by atoms with van der Waals surface area (Å²) in [5, 5.41) is 8.35. The zero-order valence-corrected chi connectivity index (χ0v) is 14.3. The van der Waals surface area contributed by atoms with Crippen molar-refractivity contribution < 1.29 is 14.8 Å². The smallest absolute Gasteiger partial charge is 0.310 e. The number of ketones is 1. The lowest BCUT2D eigenvalue weighted by molar-refractivity contribution is -0.143. The number of unbranched alkanes of at least 4 members (excludes halogenated alkanes) is 3. The van der Waals surface area contributed by atoms with Crippen LogP contribution in [0.2, 0.25) is 0 Å². The Balaban J connectivity index is 1.60. The third kappa shape index (κ3) is 5.96. The number of carbonyl (C=O) groups is 2. The maximum absolute atomic E-state index is 11.2. The van der Waals surface area contributed by atoms with E-state index in [2.05, 4.69) is 29.2 Å². The van der Waals surface area contributed by atoms with Gasteiger partial charge in [-0.1, -0.05) is 25.0 Å². The summed E-state index contributed by atoms with van der Waals surface area (Å²) in [4.78, 5) is 24.5. The fourth-order valence-electron chi connectivity index (χ4n) is 3.17. The molecule has 0 spiro atoms. The fraction of sp³-hybridized carbons (Fsp3) is 0.579. The van der Waals surface area contributed by atoms with Crippen molar-refractivity contribution in [1.29, 1.82) is 0 Å². The zero-order valence-electron chi connectivity index (χ0n) is 14.3. The van der Waals surface area contributed by atoms with Crippen molar-refractivity contribution in [2.24, 2.45) is 0 Å². The van der Waals surface area contributed by atoms with Gasteiger partial charge < -0.3 is 4.90 Å². The van der Waals surface area contributed by atoms with E-state index >= 15 is 0 Å². The Morgan fingerprint density at radius 3 is 2.29 bits per heavy atom. The molecule has 24 heavy (non-hydrogen) atoms. The highest BCUT2D eigenvalue weighted by Crippen LogP contribution is 2.21. The summed E-state index contributed by atoms with van der Waals surface area (Å²) in [6.45, 7) is 2.35. The Hall–Kier alpha value is -1.88. The summed E-state index contributed by atoms with van der Waals surface area (Å²) in [5.74, 6) is -1.46. The molecular formula is C19H28N2O3. The number of benzene rings is 1. The van der Waals surface area contributed by atoms with Crippen LogP contribution in [-0.4, -0.2) is 30.0 Å². The maximum atomic E-state index is 11.2. The molecule has 0 bridgehead atoms. The van der Waals surface area contributed by atoms with E-state index in [-0.39, 0.29) is 6.42 Å². The van der Waals surface area contributed by atoms with Crippen LogP contribution in [0.5, 0.6) is 0 Å². The van der Waals surface area contributed by atoms with Gasteiger partial charge in [0, 0.05) is 25.2 Å². The normalized spacial score (nSPS) is 14.5. The van der Waals surface area contributed by atoms with Crippen LogP contribution in [0.25, 0.3) is 0 Å². The van der Waals surface area contributed by atoms with Crippen molar-refractivity contribution in [1.82, 2.24) is 5.48 Å². The molecule has 1 aromatic rings.